The molecule has 0 aliphatic rings. The van der Waals surface area contributed by atoms with Crippen LogP contribution in [0.2, 0.25) is 0 Å². The molecule has 14 heavy (non-hydrogen) atoms. The first kappa shape index (κ1) is 10.2. The Morgan fingerprint density at radius 3 is 2.64 bits per heavy atom. The summed E-state index contributed by atoms with van der Waals surface area (Å²) in [5, 5.41) is 0.289. The minimum atomic E-state index is -2.55. The van der Waals surface area contributed by atoms with E-state index in [4.69, 9.17) is 0 Å². The van der Waals surface area contributed by atoms with Crippen LogP contribution in [0.3, 0.4) is 0 Å². The van der Waals surface area contributed by atoms with Crippen molar-refractivity contribution in [3.05, 3.63) is 32.5 Å². The molecule has 0 aliphatic heterocycles. The lowest BCUT2D eigenvalue weighted by Crippen LogP contribution is -1.85. The lowest BCUT2D eigenvalue weighted by atomic mass is 10.1. The molecular formula is C9H4F3IS. The van der Waals surface area contributed by atoms with Crippen molar-refractivity contribution in [3.63, 3.8) is 0 Å². The summed E-state index contributed by atoms with van der Waals surface area (Å²) in [7, 11) is 0. The highest BCUT2D eigenvalue weighted by Crippen LogP contribution is 2.35. The number of rotatable bonds is 1. The second-order valence-corrected chi connectivity index (χ2v) is 5.68. The SMILES string of the molecule is Fc1ccc(C(F)F)c2sc(I)cc12. The Morgan fingerprint density at radius 1 is 1.29 bits per heavy atom. The average molecular weight is 328 g/mol. The summed E-state index contributed by atoms with van der Waals surface area (Å²) >= 11 is 3.18. The van der Waals surface area contributed by atoms with Gasteiger partial charge in [0.1, 0.15) is 5.82 Å². The Hall–Kier alpha value is -0.300. The van der Waals surface area contributed by atoms with Gasteiger partial charge in [-0.15, -0.1) is 11.3 Å². The van der Waals surface area contributed by atoms with Crippen LogP contribution >= 0.6 is 33.9 Å². The highest BCUT2D eigenvalue weighted by atomic mass is 127. The van der Waals surface area contributed by atoms with Crippen molar-refractivity contribution in [2.45, 2.75) is 6.43 Å². The van der Waals surface area contributed by atoms with Gasteiger partial charge in [-0.25, -0.2) is 13.2 Å². The summed E-state index contributed by atoms with van der Waals surface area (Å²) in [6.07, 6.45) is -2.55. The largest absolute Gasteiger partial charge is 0.265 e. The molecular weight excluding hydrogens is 324 g/mol. The summed E-state index contributed by atoms with van der Waals surface area (Å²) in [5.41, 5.74) is -0.0886. The van der Waals surface area contributed by atoms with Crippen molar-refractivity contribution in [2.24, 2.45) is 0 Å². The number of alkyl halides is 2. The normalized spacial score (nSPS) is 11.5. The average Bonchev–Trinajstić information content (AvgIpc) is 2.47. The van der Waals surface area contributed by atoms with Crippen LogP contribution in [0.1, 0.15) is 12.0 Å². The van der Waals surface area contributed by atoms with Crippen LogP contribution in [0, 0.1) is 8.70 Å². The van der Waals surface area contributed by atoms with E-state index in [1.165, 1.54) is 11.3 Å². The molecule has 74 valence electrons. The molecule has 2 aromatic rings. The Balaban J connectivity index is 2.81. The van der Waals surface area contributed by atoms with Gasteiger partial charge in [-0.3, -0.25) is 0 Å². The van der Waals surface area contributed by atoms with Crippen LogP contribution in [0.5, 0.6) is 0 Å². The lowest BCUT2D eigenvalue weighted by molar-refractivity contribution is 0.153. The van der Waals surface area contributed by atoms with Gasteiger partial charge >= 0.3 is 0 Å². The minimum Gasteiger partial charge on any atom is -0.206 e. The summed E-state index contributed by atoms with van der Waals surface area (Å²) < 4.78 is 39.4. The van der Waals surface area contributed by atoms with Crippen LogP contribution < -0.4 is 0 Å². The van der Waals surface area contributed by atoms with Crippen LogP contribution in [0.25, 0.3) is 10.1 Å². The molecule has 0 spiro atoms. The topological polar surface area (TPSA) is 0 Å². The predicted molar refractivity (Wildman–Crippen MR) is 59.5 cm³/mol. The molecule has 0 bridgehead atoms. The maximum atomic E-state index is 13.2. The Morgan fingerprint density at radius 2 is 2.00 bits per heavy atom. The van der Waals surface area contributed by atoms with E-state index in [2.05, 4.69) is 0 Å². The molecule has 1 aromatic heterocycles. The molecule has 0 fully saturated rings. The highest BCUT2D eigenvalue weighted by Gasteiger charge is 2.15. The number of thiophene rings is 1. The van der Waals surface area contributed by atoms with Gasteiger partial charge in [0.15, 0.2) is 0 Å². The number of hydrogen-bond donors (Lipinski definition) is 0. The molecule has 1 aromatic carbocycles. The maximum Gasteiger partial charge on any atom is 0.265 e. The first-order valence-electron chi connectivity index (χ1n) is 3.75. The fraction of sp³-hybridized carbons (Fsp3) is 0.111. The Kier molecular flexibility index (Phi) is 2.70. The maximum absolute atomic E-state index is 13.2. The monoisotopic (exact) mass is 328 g/mol. The first-order chi connectivity index (χ1) is 6.59. The second-order valence-electron chi connectivity index (χ2n) is 2.73. The molecule has 0 atom stereocenters. The second kappa shape index (κ2) is 3.69. The van der Waals surface area contributed by atoms with E-state index >= 15 is 0 Å². The van der Waals surface area contributed by atoms with Gasteiger partial charge in [-0.2, -0.15) is 0 Å². The van der Waals surface area contributed by atoms with Crippen molar-refractivity contribution in [3.8, 4) is 0 Å². The van der Waals surface area contributed by atoms with E-state index in [1.807, 2.05) is 22.6 Å². The quantitative estimate of drug-likeness (QED) is 0.672. The molecule has 0 nitrogen and oxygen atoms in total. The van der Waals surface area contributed by atoms with Gasteiger partial charge in [-0.05, 0) is 40.8 Å². The molecule has 0 N–H and O–H groups in total. The summed E-state index contributed by atoms with van der Waals surface area (Å²) in [5.74, 6) is -0.441. The van der Waals surface area contributed by atoms with Crippen molar-refractivity contribution in [2.75, 3.05) is 0 Å². The van der Waals surface area contributed by atoms with E-state index in [9.17, 15) is 13.2 Å². The number of benzene rings is 1. The Bertz CT molecular complexity index is 478. The fourth-order valence-corrected chi connectivity index (χ4v) is 3.14. The van der Waals surface area contributed by atoms with Crippen molar-refractivity contribution >= 4 is 44.0 Å². The molecule has 2 rings (SSSR count). The third-order valence-electron chi connectivity index (χ3n) is 1.87. The van der Waals surface area contributed by atoms with E-state index in [0.29, 0.717) is 4.70 Å². The molecule has 0 saturated carbocycles. The van der Waals surface area contributed by atoms with Crippen molar-refractivity contribution in [1.82, 2.24) is 0 Å². The molecule has 1 heterocycles. The zero-order chi connectivity index (χ0) is 10.3. The van der Waals surface area contributed by atoms with Crippen LogP contribution in [0.15, 0.2) is 18.2 Å². The van der Waals surface area contributed by atoms with E-state index < -0.39 is 12.2 Å². The summed E-state index contributed by atoms with van der Waals surface area (Å²) in [4.78, 5) is 0. The van der Waals surface area contributed by atoms with Crippen molar-refractivity contribution < 1.29 is 13.2 Å². The van der Waals surface area contributed by atoms with E-state index in [0.717, 1.165) is 15.0 Å². The molecule has 5 heteroatoms. The number of halogens is 4. The minimum absolute atomic E-state index is 0.0886. The van der Waals surface area contributed by atoms with Gasteiger partial charge < -0.3 is 0 Å². The van der Waals surface area contributed by atoms with Gasteiger partial charge in [-0.1, -0.05) is 0 Å². The molecule has 0 aliphatic carbocycles. The van der Waals surface area contributed by atoms with Crippen molar-refractivity contribution in [1.29, 1.82) is 0 Å². The molecule has 0 saturated heterocycles. The fourth-order valence-electron chi connectivity index (χ4n) is 1.25. The predicted octanol–water partition coefficient (Wildman–Crippen LogP) is 4.58. The van der Waals surface area contributed by atoms with E-state index in [-0.39, 0.29) is 10.9 Å². The number of fused-ring (bicyclic) bond motifs is 1. The van der Waals surface area contributed by atoms with Gasteiger partial charge in [0.25, 0.3) is 6.43 Å². The molecule has 0 radical (unpaired) electrons. The summed E-state index contributed by atoms with van der Waals surface area (Å²) in [6, 6.07) is 3.82. The zero-order valence-corrected chi connectivity index (χ0v) is 9.70. The molecule has 0 amide bonds. The standard InChI is InChI=1S/C9H4F3IS/c10-6-2-1-4(9(11)12)8-5(6)3-7(13)14-8/h1-3,9H. The first-order valence-corrected chi connectivity index (χ1v) is 5.64. The Labute approximate surface area is 95.9 Å². The third-order valence-corrected chi connectivity index (χ3v) is 3.81. The summed E-state index contributed by atoms with van der Waals surface area (Å²) in [6.45, 7) is 0. The number of hydrogen-bond acceptors (Lipinski definition) is 1. The lowest BCUT2D eigenvalue weighted by Gasteiger charge is -2.01. The van der Waals surface area contributed by atoms with Crippen LogP contribution in [-0.2, 0) is 0 Å². The smallest absolute Gasteiger partial charge is 0.206 e. The van der Waals surface area contributed by atoms with Crippen LogP contribution in [0.4, 0.5) is 13.2 Å². The van der Waals surface area contributed by atoms with Gasteiger partial charge in [0, 0.05) is 15.6 Å². The van der Waals surface area contributed by atoms with E-state index in [1.54, 1.807) is 6.07 Å². The van der Waals surface area contributed by atoms with Gasteiger partial charge in [0.05, 0.1) is 2.88 Å². The highest BCUT2D eigenvalue weighted by molar-refractivity contribution is 14.1. The molecule has 0 unspecified atom stereocenters. The zero-order valence-electron chi connectivity index (χ0n) is 6.73. The van der Waals surface area contributed by atoms with Gasteiger partial charge in [0.2, 0.25) is 0 Å². The van der Waals surface area contributed by atoms with Crippen LogP contribution in [-0.4, -0.2) is 0 Å². The third kappa shape index (κ3) is 1.63.